The number of nitrogens with zero attached hydrogens (tertiary/aromatic N) is 2. The third kappa shape index (κ3) is 4.18. The molecule has 0 radical (unpaired) electrons. The number of carbonyl (C=O) groups excluding carboxylic acids is 3. The van der Waals surface area contributed by atoms with Crippen molar-refractivity contribution in [1.82, 2.24) is 9.38 Å². The zero-order valence-corrected chi connectivity index (χ0v) is 18.3. The molecule has 0 unspecified atom stereocenters. The highest BCUT2D eigenvalue weighted by Crippen LogP contribution is 2.35. The van der Waals surface area contributed by atoms with Crippen molar-refractivity contribution in [2.45, 2.75) is 40.7 Å². The number of nitrogens with one attached hydrogen (secondary N) is 1. The summed E-state index contributed by atoms with van der Waals surface area (Å²) in [5, 5.41) is 4.88. The van der Waals surface area contributed by atoms with Crippen molar-refractivity contribution in [3.05, 3.63) is 39.0 Å². The first-order chi connectivity index (χ1) is 13.7. The lowest BCUT2D eigenvalue weighted by atomic mass is 10.1. The maximum atomic E-state index is 12.7. The Morgan fingerprint density at radius 2 is 1.97 bits per heavy atom. The monoisotopic (exact) mass is 435 g/mol. The zero-order valence-electron chi connectivity index (χ0n) is 16.7. The average Bonchev–Trinajstić information content (AvgIpc) is 3.29. The molecule has 29 heavy (non-hydrogen) atoms. The molecule has 1 amide bonds. The summed E-state index contributed by atoms with van der Waals surface area (Å²) >= 11 is 2.41. The molecule has 1 N–H and O–H groups in total. The molecule has 0 saturated heterocycles. The van der Waals surface area contributed by atoms with E-state index in [1.54, 1.807) is 33.9 Å². The van der Waals surface area contributed by atoms with Crippen molar-refractivity contribution >= 4 is 50.5 Å². The van der Waals surface area contributed by atoms with Gasteiger partial charge in [0, 0.05) is 17.3 Å². The highest BCUT2D eigenvalue weighted by molar-refractivity contribution is 7.18. The Balaban J connectivity index is 1.96. The molecule has 0 atom stereocenters. The van der Waals surface area contributed by atoms with Crippen molar-refractivity contribution in [2.24, 2.45) is 0 Å². The number of anilines is 1. The maximum absolute atomic E-state index is 12.7. The number of carbonyl (C=O) groups is 3. The first-order valence-electron chi connectivity index (χ1n) is 8.98. The number of rotatable bonds is 6. The van der Waals surface area contributed by atoms with E-state index in [2.05, 4.69) is 10.3 Å². The van der Waals surface area contributed by atoms with Gasteiger partial charge in [-0.1, -0.05) is 0 Å². The molecule has 3 rings (SSSR count). The van der Waals surface area contributed by atoms with Gasteiger partial charge in [-0.15, -0.1) is 22.7 Å². The topological polar surface area (TPSA) is 99.0 Å². The number of aryl methyl sites for hydroxylation is 1. The first-order valence-corrected chi connectivity index (χ1v) is 10.7. The average molecular weight is 436 g/mol. The molecular formula is C19H21N3O5S2. The number of imidazole rings is 1. The van der Waals surface area contributed by atoms with Gasteiger partial charge in [0.1, 0.15) is 15.6 Å². The summed E-state index contributed by atoms with van der Waals surface area (Å²) < 4.78 is 12.2. The highest BCUT2D eigenvalue weighted by atomic mass is 32.1. The lowest BCUT2D eigenvalue weighted by Gasteiger charge is -2.07. The van der Waals surface area contributed by atoms with Crippen LogP contribution in [0.1, 0.15) is 62.5 Å². The number of fused-ring (bicyclic) bond motifs is 1. The van der Waals surface area contributed by atoms with Gasteiger partial charge in [-0.2, -0.15) is 0 Å². The van der Waals surface area contributed by atoms with Gasteiger partial charge in [0.25, 0.3) is 5.91 Å². The Hall–Kier alpha value is -2.72. The van der Waals surface area contributed by atoms with E-state index in [-0.39, 0.29) is 33.8 Å². The molecule has 0 aliphatic rings. The molecule has 0 spiro atoms. The second-order valence-corrected chi connectivity index (χ2v) is 8.40. The minimum atomic E-state index is -0.609. The third-order valence-corrected chi connectivity index (χ3v) is 6.15. The van der Waals surface area contributed by atoms with Crippen molar-refractivity contribution in [1.29, 1.82) is 0 Å². The number of hydrogen-bond acceptors (Lipinski definition) is 8. The van der Waals surface area contributed by atoms with Crippen molar-refractivity contribution in [2.75, 3.05) is 11.9 Å². The fraction of sp³-hybridized carbons (Fsp3) is 0.368. The van der Waals surface area contributed by atoms with Gasteiger partial charge >= 0.3 is 11.9 Å². The van der Waals surface area contributed by atoms with Gasteiger partial charge in [-0.3, -0.25) is 9.20 Å². The van der Waals surface area contributed by atoms with E-state index >= 15 is 0 Å². The molecule has 0 aliphatic carbocycles. The Bertz CT molecular complexity index is 1090. The second kappa shape index (κ2) is 8.34. The molecule has 0 aromatic carbocycles. The lowest BCUT2D eigenvalue weighted by Crippen LogP contribution is -2.15. The van der Waals surface area contributed by atoms with Gasteiger partial charge in [0.05, 0.1) is 18.3 Å². The van der Waals surface area contributed by atoms with Gasteiger partial charge in [-0.05, 0) is 40.2 Å². The van der Waals surface area contributed by atoms with E-state index in [1.807, 2.05) is 16.7 Å². The van der Waals surface area contributed by atoms with E-state index in [9.17, 15) is 14.4 Å². The van der Waals surface area contributed by atoms with Crippen molar-refractivity contribution in [3.8, 4) is 0 Å². The maximum Gasteiger partial charge on any atom is 0.348 e. The summed E-state index contributed by atoms with van der Waals surface area (Å²) in [5.41, 5.74) is 1.75. The minimum Gasteiger partial charge on any atom is -0.462 e. The van der Waals surface area contributed by atoms with Crippen LogP contribution in [-0.4, -0.2) is 39.9 Å². The third-order valence-electron chi connectivity index (χ3n) is 4.00. The summed E-state index contributed by atoms with van der Waals surface area (Å²) in [4.78, 5) is 42.9. The standard InChI is InChI=1S/C19H21N3O5S2/c1-6-26-17(24)13-11(5)14(18(25)27-9(2)3)29-16(13)21-15(23)12-7-22-10(4)8-28-19(22)20-12/h7-9H,6H2,1-5H3,(H,21,23). The van der Waals surface area contributed by atoms with Crippen LogP contribution in [0.2, 0.25) is 0 Å². The van der Waals surface area contributed by atoms with Crippen LogP contribution in [0.25, 0.3) is 4.96 Å². The Morgan fingerprint density at radius 3 is 2.59 bits per heavy atom. The number of ether oxygens (including phenoxy) is 2. The Kier molecular flexibility index (Phi) is 6.04. The molecule has 8 nitrogen and oxygen atoms in total. The van der Waals surface area contributed by atoms with Crippen molar-refractivity contribution in [3.63, 3.8) is 0 Å². The Morgan fingerprint density at radius 1 is 1.24 bits per heavy atom. The van der Waals surface area contributed by atoms with Crippen LogP contribution in [0.3, 0.4) is 0 Å². The molecule has 3 aromatic heterocycles. The van der Waals surface area contributed by atoms with Crippen LogP contribution >= 0.6 is 22.7 Å². The largest absolute Gasteiger partial charge is 0.462 e. The van der Waals surface area contributed by atoms with Gasteiger partial charge in [-0.25, -0.2) is 14.6 Å². The SMILES string of the molecule is CCOC(=O)c1c(NC(=O)c2cn3c(C)csc3n2)sc(C(=O)OC(C)C)c1C. The smallest absolute Gasteiger partial charge is 0.348 e. The number of esters is 2. The highest BCUT2D eigenvalue weighted by Gasteiger charge is 2.28. The van der Waals surface area contributed by atoms with Crippen LogP contribution in [0.5, 0.6) is 0 Å². The number of thiophene rings is 1. The van der Waals surface area contributed by atoms with Crippen LogP contribution in [0.4, 0.5) is 5.00 Å². The number of aromatic nitrogens is 2. The summed E-state index contributed by atoms with van der Waals surface area (Å²) in [5.74, 6) is -1.63. The number of amides is 1. The van der Waals surface area contributed by atoms with Crippen molar-refractivity contribution < 1.29 is 23.9 Å². The molecule has 3 aromatic rings. The zero-order chi connectivity index (χ0) is 21.3. The fourth-order valence-corrected chi connectivity index (χ4v) is 4.61. The molecular weight excluding hydrogens is 414 g/mol. The van der Waals surface area contributed by atoms with Crippen LogP contribution in [-0.2, 0) is 9.47 Å². The van der Waals surface area contributed by atoms with E-state index in [1.165, 1.54) is 11.3 Å². The quantitative estimate of drug-likeness (QED) is 0.586. The molecule has 0 bridgehead atoms. The molecule has 0 aliphatic heterocycles. The summed E-state index contributed by atoms with van der Waals surface area (Å²) in [6, 6.07) is 0. The molecule has 10 heteroatoms. The lowest BCUT2D eigenvalue weighted by molar-refractivity contribution is 0.0383. The predicted octanol–water partition coefficient (Wildman–Crippen LogP) is 4.07. The number of hydrogen-bond donors (Lipinski definition) is 1. The second-order valence-electron chi connectivity index (χ2n) is 6.54. The Labute approximate surface area is 175 Å². The molecule has 3 heterocycles. The summed E-state index contributed by atoms with van der Waals surface area (Å²) in [6.07, 6.45) is 1.32. The van der Waals surface area contributed by atoms with Gasteiger partial charge in [0.15, 0.2) is 4.96 Å². The minimum absolute atomic E-state index is 0.151. The molecule has 0 fully saturated rings. The van der Waals surface area contributed by atoms with E-state index in [0.29, 0.717) is 10.5 Å². The molecule has 0 saturated carbocycles. The van der Waals surface area contributed by atoms with E-state index in [4.69, 9.17) is 9.47 Å². The van der Waals surface area contributed by atoms with Crippen LogP contribution < -0.4 is 5.32 Å². The predicted molar refractivity (Wildman–Crippen MR) is 111 cm³/mol. The first kappa shape index (κ1) is 21.0. The van der Waals surface area contributed by atoms with Gasteiger partial charge in [0.2, 0.25) is 0 Å². The molecule has 154 valence electrons. The number of thiazole rings is 1. The fourth-order valence-electron chi connectivity index (χ4n) is 2.68. The van der Waals surface area contributed by atoms with Crippen LogP contribution in [0, 0.1) is 13.8 Å². The normalized spacial score (nSPS) is 11.1. The van der Waals surface area contributed by atoms with E-state index < -0.39 is 17.8 Å². The summed E-state index contributed by atoms with van der Waals surface area (Å²) in [7, 11) is 0. The van der Waals surface area contributed by atoms with Gasteiger partial charge < -0.3 is 14.8 Å². The van der Waals surface area contributed by atoms with Crippen LogP contribution in [0.15, 0.2) is 11.6 Å². The van der Waals surface area contributed by atoms with E-state index in [0.717, 1.165) is 17.0 Å². The summed E-state index contributed by atoms with van der Waals surface area (Å²) in [6.45, 7) is 8.88.